The maximum atomic E-state index is 12.7. The maximum Gasteiger partial charge on any atom is 0.318 e. The van der Waals surface area contributed by atoms with Crippen molar-refractivity contribution >= 4 is 6.03 Å². The number of rotatable bonds is 5. The first kappa shape index (κ1) is 16.9. The largest absolute Gasteiger partial charge is 0.493 e. The van der Waals surface area contributed by atoms with E-state index in [-0.39, 0.29) is 12.1 Å². The first-order chi connectivity index (χ1) is 11.5. The van der Waals surface area contributed by atoms with Crippen LogP contribution in [-0.2, 0) is 6.42 Å². The highest BCUT2D eigenvalue weighted by Gasteiger charge is 2.34. The minimum absolute atomic E-state index is 0.0728. The van der Waals surface area contributed by atoms with Gasteiger partial charge in [-0.1, -0.05) is 13.8 Å². The van der Waals surface area contributed by atoms with Crippen LogP contribution in [0.3, 0.4) is 0 Å². The Kier molecular flexibility index (Phi) is 4.88. The van der Waals surface area contributed by atoms with E-state index in [0.29, 0.717) is 12.0 Å². The molecule has 0 spiro atoms. The van der Waals surface area contributed by atoms with Gasteiger partial charge in [-0.3, -0.25) is 0 Å². The molecule has 0 bridgehead atoms. The summed E-state index contributed by atoms with van der Waals surface area (Å²) in [5.74, 6) is 2.00. The smallest absolute Gasteiger partial charge is 0.318 e. The molecule has 1 saturated carbocycles. The van der Waals surface area contributed by atoms with Gasteiger partial charge in [0.2, 0.25) is 0 Å². The lowest BCUT2D eigenvalue weighted by Crippen LogP contribution is -2.46. The molecule has 3 rings (SSSR count). The minimum atomic E-state index is 0.0728. The normalized spacial score (nSPS) is 19.9. The van der Waals surface area contributed by atoms with Gasteiger partial charge in [0.25, 0.3) is 0 Å². The lowest BCUT2D eigenvalue weighted by molar-refractivity contribution is 0.158. The molecule has 0 radical (unpaired) electrons. The predicted molar refractivity (Wildman–Crippen MR) is 93.7 cm³/mol. The van der Waals surface area contributed by atoms with E-state index >= 15 is 0 Å². The molecule has 1 N–H and O–H groups in total. The van der Waals surface area contributed by atoms with Crippen molar-refractivity contribution in [2.75, 3.05) is 20.8 Å². The molecule has 2 aliphatic rings. The summed E-state index contributed by atoms with van der Waals surface area (Å²) in [5, 5.41) is 3.14. The number of hydrogen-bond donors (Lipinski definition) is 1. The second kappa shape index (κ2) is 6.91. The highest BCUT2D eigenvalue weighted by atomic mass is 16.5. The molecular formula is C19H28N2O3. The summed E-state index contributed by atoms with van der Waals surface area (Å²) >= 11 is 0. The van der Waals surface area contributed by atoms with E-state index in [1.54, 1.807) is 14.2 Å². The van der Waals surface area contributed by atoms with Crippen molar-refractivity contribution in [3.05, 3.63) is 23.3 Å². The maximum absolute atomic E-state index is 12.7. The first-order valence-corrected chi connectivity index (χ1v) is 8.85. The van der Waals surface area contributed by atoms with Crippen LogP contribution in [0.4, 0.5) is 4.79 Å². The zero-order chi connectivity index (χ0) is 17.3. The van der Waals surface area contributed by atoms with Gasteiger partial charge >= 0.3 is 6.03 Å². The Morgan fingerprint density at radius 1 is 1.25 bits per heavy atom. The SMILES string of the molecule is COc1cc2c(cc1OC)C(CC(C)C)N(C(=O)NC1CC1)CC2. The summed E-state index contributed by atoms with van der Waals surface area (Å²) in [6.07, 6.45) is 4.01. The number of fused-ring (bicyclic) bond motifs is 1. The summed E-state index contributed by atoms with van der Waals surface area (Å²) < 4.78 is 10.9. The molecule has 1 aliphatic heterocycles. The summed E-state index contributed by atoms with van der Waals surface area (Å²) in [6, 6.07) is 4.66. The van der Waals surface area contributed by atoms with Gasteiger partial charge in [0.1, 0.15) is 0 Å². The molecule has 5 heteroatoms. The van der Waals surface area contributed by atoms with Gasteiger partial charge in [-0.2, -0.15) is 0 Å². The van der Waals surface area contributed by atoms with Crippen LogP contribution in [0.1, 0.15) is 50.3 Å². The van der Waals surface area contributed by atoms with Crippen LogP contribution in [0.15, 0.2) is 12.1 Å². The number of nitrogens with one attached hydrogen (secondary N) is 1. The molecule has 1 atom stereocenters. The number of ether oxygens (including phenoxy) is 2. The zero-order valence-electron chi connectivity index (χ0n) is 15.1. The Bertz CT molecular complexity index is 611. The molecule has 1 aromatic rings. The van der Waals surface area contributed by atoms with Gasteiger partial charge in [0.05, 0.1) is 20.3 Å². The van der Waals surface area contributed by atoms with Crippen LogP contribution in [0.25, 0.3) is 0 Å². The second-order valence-corrected chi connectivity index (χ2v) is 7.22. The molecule has 2 amide bonds. The summed E-state index contributed by atoms with van der Waals surface area (Å²) in [6.45, 7) is 5.15. The Labute approximate surface area is 144 Å². The average molecular weight is 332 g/mol. The van der Waals surface area contributed by atoms with Crippen molar-refractivity contribution in [1.29, 1.82) is 0 Å². The standard InChI is InChI=1S/C19H28N2O3/c1-12(2)9-16-15-11-18(24-4)17(23-3)10-13(15)7-8-21(16)19(22)20-14-5-6-14/h10-12,14,16H,5-9H2,1-4H3,(H,20,22). The van der Waals surface area contributed by atoms with E-state index in [1.807, 2.05) is 4.90 Å². The molecule has 0 aromatic heterocycles. The van der Waals surface area contributed by atoms with E-state index < -0.39 is 0 Å². The molecule has 1 aromatic carbocycles. The van der Waals surface area contributed by atoms with Crippen molar-refractivity contribution < 1.29 is 14.3 Å². The highest BCUT2D eigenvalue weighted by molar-refractivity contribution is 5.76. The molecule has 1 fully saturated rings. The molecule has 5 nitrogen and oxygen atoms in total. The van der Waals surface area contributed by atoms with Crippen LogP contribution in [0.2, 0.25) is 0 Å². The molecule has 24 heavy (non-hydrogen) atoms. The van der Waals surface area contributed by atoms with Crippen molar-refractivity contribution in [3.8, 4) is 11.5 Å². The highest BCUT2D eigenvalue weighted by Crippen LogP contribution is 2.40. The summed E-state index contributed by atoms with van der Waals surface area (Å²) in [7, 11) is 3.32. The van der Waals surface area contributed by atoms with Crippen LogP contribution in [0.5, 0.6) is 11.5 Å². The minimum Gasteiger partial charge on any atom is -0.493 e. The van der Waals surface area contributed by atoms with Crippen LogP contribution < -0.4 is 14.8 Å². The van der Waals surface area contributed by atoms with E-state index in [0.717, 1.165) is 43.7 Å². The monoisotopic (exact) mass is 332 g/mol. The molecule has 132 valence electrons. The van der Waals surface area contributed by atoms with Crippen LogP contribution in [0, 0.1) is 5.92 Å². The zero-order valence-corrected chi connectivity index (χ0v) is 15.1. The number of hydrogen-bond acceptors (Lipinski definition) is 3. The van der Waals surface area contributed by atoms with Crippen LogP contribution in [-0.4, -0.2) is 37.7 Å². The van der Waals surface area contributed by atoms with Gasteiger partial charge < -0.3 is 19.7 Å². The fourth-order valence-corrected chi connectivity index (χ4v) is 3.46. The van der Waals surface area contributed by atoms with Gasteiger partial charge in [-0.25, -0.2) is 4.79 Å². The Balaban J connectivity index is 1.93. The number of methoxy groups -OCH3 is 2. The van der Waals surface area contributed by atoms with E-state index in [4.69, 9.17) is 9.47 Å². The number of carbonyl (C=O) groups excluding carboxylic acids is 1. The third-order valence-electron chi connectivity index (χ3n) is 4.86. The number of benzene rings is 1. The Morgan fingerprint density at radius 2 is 1.92 bits per heavy atom. The van der Waals surface area contributed by atoms with Crippen molar-refractivity contribution in [2.24, 2.45) is 5.92 Å². The molecule has 0 saturated heterocycles. The molecule has 1 aliphatic carbocycles. The average Bonchev–Trinajstić information content (AvgIpc) is 3.37. The number of amides is 2. The number of nitrogens with zero attached hydrogens (tertiary/aromatic N) is 1. The van der Waals surface area contributed by atoms with Gasteiger partial charge in [0, 0.05) is 12.6 Å². The van der Waals surface area contributed by atoms with Crippen molar-refractivity contribution in [2.45, 2.75) is 51.6 Å². The lowest BCUT2D eigenvalue weighted by atomic mass is 9.87. The third kappa shape index (κ3) is 3.45. The van der Waals surface area contributed by atoms with Gasteiger partial charge in [-0.15, -0.1) is 0 Å². The van der Waals surface area contributed by atoms with Crippen molar-refractivity contribution in [1.82, 2.24) is 10.2 Å². The summed E-state index contributed by atoms with van der Waals surface area (Å²) in [4.78, 5) is 14.7. The molecular weight excluding hydrogens is 304 g/mol. The number of carbonyl (C=O) groups is 1. The number of urea groups is 1. The van der Waals surface area contributed by atoms with E-state index in [1.165, 1.54) is 11.1 Å². The second-order valence-electron chi connectivity index (χ2n) is 7.22. The van der Waals surface area contributed by atoms with Gasteiger partial charge in [0.15, 0.2) is 11.5 Å². The quantitative estimate of drug-likeness (QED) is 0.897. The van der Waals surface area contributed by atoms with Gasteiger partial charge in [-0.05, 0) is 54.9 Å². The fourth-order valence-electron chi connectivity index (χ4n) is 3.46. The first-order valence-electron chi connectivity index (χ1n) is 8.85. The molecule has 1 unspecified atom stereocenters. The topological polar surface area (TPSA) is 50.8 Å². The Hall–Kier alpha value is -1.91. The summed E-state index contributed by atoms with van der Waals surface area (Å²) in [5.41, 5.74) is 2.45. The fraction of sp³-hybridized carbons (Fsp3) is 0.632. The third-order valence-corrected chi connectivity index (χ3v) is 4.86. The van der Waals surface area contributed by atoms with E-state index in [9.17, 15) is 4.79 Å². The van der Waals surface area contributed by atoms with Crippen LogP contribution >= 0.6 is 0 Å². The molecule has 1 heterocycles. The predicted octanol–water partition coefficient (Wildman–Crippen LogP) is 3.52. The van der Waals surface area contributed by atoms with Crippen molar-refractivity contribution in [3.63, 3.8) is 0 Å². The Morgan fingerprint density at radius 3 is 2.50 bits per heavy atom. The lowest BCUT2D eigenvalue weighted by Gasteiger charge is -2.38. The van der Waals surface area contributed by atoms with E-state index in [2.05, 4.69) is 31.3 Å².